The molecule has 1 saturated carbocycles. The van der Waals surface area contributed by atoms with Gasteiger partial charge in [-0.15, -0.1) is 0 Å². The van der Waals surface area contributed by atoms with Gasteiger partial charge in [0.1, 0.15) is 0 Å². The van der Waals surface area contributed by atoms with E-state index in [2.05, 4.69) is 0 Å². The SMILES string of the molecule is O=C(CCC1CCCC1)c1ccccc1. The van der Waals surface area contributed by atoms with E-state index in [1.165, 1.54) is 25.7 Å². The summed E-state index contributed by atoms with van der Waals surface area (Å²) in [6.07, 6.45) is 7.22. The van der Waals surface area contributed by atoms with Crippen molar-refractivity contribution >= 4 is 5.78 Å². The van der Waals surface area contributed by atoms with Gasteiger partial charge in [0.25, 0.3) is 0 Å². The molecule has 1 aliphatic rings. The van der Waals surface area contributed by atoms with Crippen LogP contribution in [0.1, 0.15) is 48.9 Å². The van der Waals surface area contributed by atoms with E-state index in [0.29, 0.717) is 5.78 Å². The molecular formula is C14H18O. The van der Waals surface area contributed by atoms with Crippen LogP contribution >= 0.6 is 0 Å². The Morgan fingerprint density at radius 2 is 1.80 bits per heavy atom. The topological polar surface area (TPSA) is 17.1 Å². The number of carbonyl (C=O) groups is 1. The Bertz CT molecular complexity index is 309. The number of rotatable bonds is 4. The van der Waals surface area contributed by atoms with Gasteiger partial charge in [-0.3, -0.25) is 4.79 Å². The minimum absolute atomic E-state index is 0.308. The molecule has 0 bridgehead atoms. The lowest BCUT2D eigenvalue weighted by Gasteiger charge is -2.07. The van der Waals surface area contributed by atoms with Gasteiger partial charge in [-0.25, -0.2) is 0 Å². The quantitative estimate of drug-likeness (QED) is 0.678. The van der Waals surface area contributed by atoms with Gasteiger partial charge >= 0.3 is 0 Å². The summed E-state index contributed by atoms with van der Waals surface area (Å²) in [7, 11) is 0. The number of benzene rings is 1. The zero-order valence-electron chi connectivity index (χ0n) is 9.11. The number of carbonyl (C=O) groups excluding carboxylic acids is 1. The lowest BCUT2D eigenvalue weighted by atomic mass is 9.98. The number of hydrogen-bond donors (Lipinski definition) is 0. The third-order valence-electron chi connectivity index (χ3n) is 3.35. The predicted octanol–water partition coefficient (Wildman–Crippen LogP) is 3.84. The summed E-state index contributed by atoms with van der Waals surface area (Å²) in [5.41, 5.74) is 0.871. The smallest absolute Gasteiger partial charge is 0.162 e. The maximum atomic E-state index is 11.8. The van der Waals surface area contributed by atoms with Crippen LogP contribution in [0.25, 0.3) is 0 Å². The van der Waals surface area contributed by atoms with Gasteiger partial charge in [-0.1, -0.05) is 56.0 Å². The van der Waals surface area contributed by atoms with Gasteiger partial charge in [0.2, 0.25) is 0 Å². The molecule has 1 aliphatic carbocycles. The molecule has 0 aliphatic heterocycles. The summed E-state index contributed by atoms with van der Waals surface area (Å²) >= 11 is 0. The molecule has 15 heavy (non-hydrogen) atoms. The summed E-state index contributed by atoms with van der Waals surface area (Å²) in [6, 6.07) is 9.65. The Labute approximate surface area is 91.5 Å². The third-order valence-corrected chi connectivity index (χ3v) is 3.35. The van der Waals surface area contributed by atoms with E-state index < -0.39 is 0 Å². The van der Waals surface area contributed by atoms with E-state index in [9.17, 15) is 4.79 Å². The van der Waals surface area contributed by atoms with Crippen molar-refractivity contribution in [3.8, 4) is 0 Å². The highest BCUT2D eigenvalue weighted by molar-refractivity contribution is 5.95. The largest absolute Gasteiger partial charge is 0.294 e. The van der Waals surface area contributed by atoms with Gasteiger partial charge in [-0.2, -0.15) is 0 Å². The molecule has 0 amide bonds. The number of Topliss-reactive ketones (excluding diaryl/α,β-unsaturated/α-hetero) is 1. The number of hydrogen-bond acceptors (Lipinski definition) is 1. The third kappa shape index (κ3) is 2.92. The van der Waals surface area contributed by atoms with Gasteiger partial charge in [0.05, 0.1) is 0 Å². The van der Waals surface area contributed by atoms with E-state index in [1.807, 2.05) is 30.3 Å². The summed E-state index contributed by atoms with van der Waals surface area (Å²) in [5, 5.41) is 0. The lowest BCUT2D eigenvalue weighted by molar-refractivity contribution is 0.0974. The van der Waals surface area contributed by atoms with Gasteiger partial charge < -0.3 is 0 Å². The molecular weight excluding hydrogens is 184 g/mol. The first-order valence-corrected chi connectivity index (χ1v) is 5.94. The van der Waals surface area contributed by atoms with E-state index in [4.69, 9.17) is 0 Å². The van der Waals surface area contributed by atoms with Crippen LogP contribution in [0.15, 0.2) is 30.3 Å². The average molecular weight is 202 g/mol. The normalized spacial score (nSPS) is 16.8. The molecule has 0 atom stereocenters. The van der Waals surface area contributed by atoms with Crippen molar-refractivity contribution in [3.63, 3.8) is 0 Å². The van der Waals surface area contributed by atoms with Crippen LogP contribution in [0.3, 0.4) is 0 Å². The average Bonchev–Trinajstić information content (AvgIpc) is 2.80. The fraction of sp³-hybridized carbons (Fsp3) is 0.500. The molecule has 2 rings (SSSR count). The lowest BCUT2D eigenvalue weighted by Crippen LogP contribution is -2.02. The van der Waals surface area contributed by atoms with Crippen molar-refractivity contribution in [2.75, 3.05) is 0 Å². The first-order chi connectivity index (χ1) is 7.36. The van der Waals surface area contributed by atoms with Crippen LogP contribution in [-0.4, -0.2) is 5.78 Å². The Morgan fingerprint density at radius 3 is 2.47 bits per heavy atom. The highest BCUT2D eigenvalue weighted by atomic mass is 16.1. The second-order valence-corrected chi connectivity index (χ2v) is 4.48. The van der Waals surface area contributed by atoms with Crippen LogP contribution in [0, 0.1) is 5.92 Å². The molecule has 1 heteroatoms. The number of ketones is 1. The molecule has 80 valence electrons. The highest BCUT2D eigenvalue weighted by Gasteiger charge is 2.16. The summed E-state index contributed by atoms with van der Waals surface area (Å²) in [4.78, 5) is 11.8. The van der Waals surface area contributed by atoms with Crippen LogP contribution in [0.2, 0.25) is 0 Å². The second-order valence-electron chi connectivity index (χ2n) is 4.48. The zero-order chi connectivity index (χ0) is 10.5. The molecule has 0 aromatic heterocycles. The zero-order valence-corrected chi connectivity index (χ0v) is 9.11. The first-order valence-electron chi connectivity index (χ1n) is 5.94. The highest BCUT2D eigenvalue weighted by Crippen LogP contribution is 2.28. The Morgan fingerprint density at radius 1 is 1.13 bits per heavy atom. The molecule has 0 unspecified atom stereocenters. The molecule has 0 saturated heterocycles. The molecule has 1 aromatic carbocycles. The van der Waals surface area contributed by atoms with E-state index in [-0.39, 0.29) is 0 Å². The fourth-order valence-electron chi connectivity index (χ4n) is 2.40. The van der Waals surface area contributed by atoms with Gasteiger partial charge in [0.15, 0.2) is 5.78 Å². The Kier molecular flexibility index (Phi) is 3.54. The van der Waals surface area contributed by atoms with E-state index >= 15 is 0 Å². The van der Waals surface area contributed by atoms with Crippen molar-refractivity contribution in [3.05, 3.63) is 35.9 Å². The van der Waals surface area contributed by atoms with Crippen LogP contribution in [0.4, 0.5) is 0 Å². The van der Waals surface area contributed by atoms with Crippen molar-refractivity contribution in [2.24, 2.45) is 5.92 Å². The van der Waals surface area contributed by atoms with Crippen LogP contribution < -0.4 is 0 Å². The molecule has 1 fully saturated rings. The Hall–Kier alpha value is -1.11. The Balaban J connectivity index is 1.82. The van der Waals surface area contributed by atoms with Crippen molar-refractivity contribution in [2.45, 2.75) is 38.5 Å². The van der Waals surface area contributed by atoms with Gasteiger partial charge in [-0.05, 0) is 12.3 Å². The van der Waals surface area contributed by atoms with Crippen molar-refractivity contribution in [1.82, 2.24) is 0 Å². The molecule has 1 aromatic rings. The summed E-state index contributed by atoms with van der Waals surface area (Å²) in [6.45, 7) is 0. The molecule has 1 nitrogen and oxygen atoms in total. The molecule has 0 heterocycles. The first kappa shape index (κ1) is 10.4. The van der Waals surface area contributed by atoms with E-state index in [1.54, 1.807) is 0 Å². The van der Waals surface area contributed by atoms with Gasteiger partial charge in [0, 0.05) is 12.0 Å². The standard InChI is InChI=1S/C14H18O/c15-14(13-8-2-1-3-9-13)11-10-12-6-4-5-7-12/h1-3,8-9,12H,4-7,10-11H2. The summed E-state index contributed by atoms with van der Waals surface area (Å²) < 4.78 is 0. The van der Waals surface area contributed by atoms with Crippen molar-refractivity contribution in [1.29, 1.82) is 0 Å². The maximum absolute atomic E-state index is 11.8. The fourth-order valence-corrected chi connectivity index (χ4v) is 2.40. The monoisotopic (exact) mass is 202 g/mol. The second kappa shape index (κ2) is 5.11. The minimum atomic E-state index is 0.308. The minimum Gasteiger partial charge on any atom is -0.294 e. The molecule has 0 N–H and O–H groups in total. The molecule has 0 spiro atoms. The maximum Gasteiger partial charge on any atom is 0.162 e. The van der Waals surface area contributed by atoms with Crippen molar-refractivity contribution < 1.29 is 4.79 Å². The van der Waals surface area contributed by atoms with E-state index in [0.717, 1.165) is 24.3 Å². The molecule has 0 radical (unpaired) electrons. The predicted molar refractivity (Wildman–Crippen MR) is 62.0 cm³/mol. The summed E-state index contributed by atoms with van der Waals surface area (Å²) in [5.74, 6) is 1.13. The van der Waals surface area contributed by atoms with Crippen LogP contribution in [-0.2, 0) is 0 Å². The van der Waals surface area contributed by atoms with Crippen LogP contribution in [0.5, 0.6) is 0 Å².